The molecule has 108 valence electrons. The van der Waals surface area contributed by atoms with Crippen molar-refractivity contribution in [3.05, 3.63) is 35.6 Å². The highest BCUT2D eigenvalue weighted by molar-refractivity contribution is 5.85. The number of benzene rings is 1. The van der Waals surface area contributed by atoms with Gasteiger partial charge in [-0.2, -0.15) is 0 Å². The van der Waals surface area contributed by atoms with Gasteiger partial charge in [0, 0.05) is 12.6 Å². The molecule has 0 spiro atoms. The van der Waals surface area contributed by atoms with Crippen molar-refractivity contribution in [3.63, 3.8) is 0 Å². The fourth-order valence-corrected chi connectivity index (χ4v) is 1.89. The van der Waals surface area contributed by atoms with Crippen molar-refractivity contribution in [2.24, 2.45) is 11.7 Å². The van der Waals surface area contributed by atoms with E-state index in [-0.39, 0.29) is 36.6 Å². The first-order valence-corrected chi connectivity index (χ1v) is 6.25. The standard InChI is InChI=1S/C14H21FN2O.ClH/c1-10(2)6-13(9-16)17-14(18)8-11-4-3-5-12(15)7-11;/h3-5,7,10,13H,6,8-9,16H2,1-2H3,(H,17,18);1H. The number of hydrogen-bond donors (Lipinski definition) is 2. The molecule has 0 aliphatic rings. The zero-order valence-corrected chi connectivity index (χ0v) is 12.2. The van der Waals surface area contributed by atoms with Crippen LogP contribution in [0.1, 0.15) is 25.8 Å². The lowest BCUT2D eigenvalue weighted by Crippen LogP contribution is -2.41. The molecule has 0 radical (unpaired) electrons. The molecule has 0 saturated carbocycles. The van der Waals surface area contributed by atoms with Crippen molar-refractivity contribution >= 4 is 18.3 Å². The van der Waals surface area contributed by atoms with E-state index in [0.717, 1.165) is 6.42 Å². The molecule has 1 aromatic rings. The molecule has 0 saturated heterocycles. The lowest BCUT2D eigenvalue weighted by molar-refractivity contribution is -0.121. The van der Waals surface area contributed by atoms with E-state index < -0.39 is 0 Å². The minimum absolute atomic E-state index is 0. The molecule has 1 unspecified atom stereocenters. The van der Waals surface area contributed by atoms with Crippen LogP contribution in [-0.4, -0.2) is 18.5 Å². The Hall–Kier alpha value is -1.13. The monoisotopic (exact) mass is 288 g/mol. The summed E-state index contributed by atoms with van der Waals surface area (Å²) in [5, 5.41) is 2.88. The fourth-order valence-electron chi connectivity index (χ4n) is 1.89. The topological polar surface area (TPSA) is 55.1 Å². The van der Waals surface area contributed by atoms with Crippen LogP contribution in [0.3, 0.4) is 0 Å². The number of amides is 1. The molecule has 0 aromatic heterocycles. The Morgan fingerprint density at radius 2 is 2.11 bits per heavy atom. The predicted molar refractivity (Wildman–Crippen MR) is 77.8 cm³/mol. The van der Waals surface area contributed by atoms with Gasteiger partial charge < -0.3 is 11.1 Å². The molecule has 0 heterocycles. The number of carbonyl (C=O) groups is 1. The Kier molecular flexibility index (Phi) is 8.35. The molecule has 1 rings (SSSR count). The second-order valence-electron chi connectivity index (χ2n) is 4.94. The van der Waals surface area contributed by atoms with E-state index in [0.29, 0.717) is 18.0 Å². The van der Waals surface area contributed by atoms with Crippen LogP contribution in [0.25, 0.3) is 0 Å². The highest BCUT2D eigenvalue weighted by Crippen LogP contribution is 2.06. The van der Waals surface area contributed by atoms with E-state index >= 15 is 0 Å². The molecule has 0 aliphatic carbocycles. The highest BCUT2D eigenvalue weighted by Gasteiger charge is 2.12. The van der Waals surface area contributed by atoms with Crippen LogP contribution in [0.5, 0.6) is 0 Å². The maximum Gasteiger partial charge on any atom is 0.224 e. The van der Waals surface area contributed by atoms with Gasteiger partial charge in [0.1, 0.15) is 5.82 Å². The summed E-state index contributed by atoms with van der Waals surface area (Å²) >= 11 is 0. The molecule has 1 atom stereocenters. The van der Waals surface area contributed by atoms with Crippen LogP contribution >= 0.6 is 12.4 Å². The third-order valence-corrected chi connectivity index (χ3v) is 2.66. The maximum absolute atomic E-state index is 13.0. The van der Waals surface area contributed by atoms with E-state index in [2.05, 4.69) is 19.2 Å². The zero-order valence-electron chi connectivity index (χ0n) is 11.4. The normalized spacial score (nSPS) is 11.8. The number of nitrogens with one attached hydrogen (secondary N) is 1. The predicted octanol–water partition coefficient (Wildman–Crippen LogP) is 2.28. The van der Waals surface area contributed by atoms with Gasteiger partial charge in [-0.1, -0.05) is 26.0 Å². The molecule has 3 nitrogen and oxygen atoms in total. The lowest BCUT2D eigenvalue weighted by atomic mass is 10.0. The maximum atomic E-state index is 13.0. The third kappa shape index (κ3) is 7.13. The van der Waals surface area contributed by atoms with Crippen LogP contribution in [-0.2, 0) is 11.2 Å². The van der Waals surface area contributed by atoms with Crippen LogP contribution in [0.4, 0.5) is 4.39 Å². The number of hydrogen-bond acceptors (Lipinski definition) is 2. The van der Waals surface area contributed by atoms with Gasteiger partial charge in [-0.3, -0.25) is 4.79 Å². The summed E-state index contributed by atoms with van der Waals surface area (Å²) in [4.78, 5) is 11.8. The third-order valence-electron chi connectivity index (χ3n) is 2.66. The SMILES string of the molecule is CC(C)CC(CN)NC(=O)Cc1cccc(F)c1.Cl. The molecule has 0 bridgehead atoms. The van der Waals surface area contributed by atoms with Gasteiger partial charge in [0.15, 0.2) is 0 Å². The summed E-state index contributed by atoms with van der Waals surface area (Å²) in [5.74, 6) is 0.0441. The van der Waals surface area contributed by atoms with Gasteiger partial charge in [-0.15, -0.1) is 12.4 Å². The molecule has 5 heteroatoms. The number of rotatable bonds is 6. The van der Waals surface area contributed by atoms with Gasteiger partial charge in [-0.05, 0) is 30.0 Å². The first-order chi connectivity index (χ1) is 8.51. The second-order valence-corrected chi connectivity index (χ2v) is 4.94. The van der Waals surface area contributed by atoms with Crippen molar-refractivity contribution in [3.8, 4) is 0 Å². The van der Waals surface area contributed by atoms with Crippen molar-refractivity contribution in [1.82, 2.24) is 5.32 Å². The number of carbonyl (C=O) groups excluding carboxylic acids is 1. The molecule has 0 aliphatic heterocycles. The van der Waals surface area contributed by atoms with Crippen molar-refractivity contribution in [1.29, 1.82) is 0 Å². The van der Waals surface area contributed by atoms with Crippen molar-refractivity contribution in [2.45, 2.75) is 32.7 Å². The summed E-state index contributed by atoms with van der Waals surface area (Å²) in [5.41, 5.74) is 6.29. The van der Waals surface area contributed by atoms with Gasteiger partial charge >= 0.3 is 0 Å². The van der Waals surface area contributed by atoms with Crippen LogP contribution in [0, 0.1) is 11.7 Å². The summed E-state index contributed by atoms with van der Waals surface area (Å²) < 4.78 is 13.0. The average Bonchev–Trinajstić information content (AvgIpc) is 2.27. The Balaban J connectivity index is 0.00000324. The van der Waals surface area contributed by atoms with Gasteiger partial charge in [0.2, 0.25) is 5.91 Å². The summed E-state index contributed by atoms with van der Waals surface area (Å²) in [7, 11) is 0. The van der Waals surface area contributed by atoms with E-state index in [9.17, 15) is 9.18 Å². The smallest absolute Gasteiger partial charge is 0.224 e. The second kappa shape index (κ2) is 8.88. The molecule has 1 amide bonds. The zero-order chi connectivity index (χ0) is 13.5. The van der Waals surface area contributed by atoms with Gasteiger partial charge in [0.25, 0.3) is 0 Å². The van der Waals surface area contributed by atoms with Crippen LogP contribution < -0.4 is 11.1 Å². The van der Waals surface area contributed by atoms with E-state index in [4.69, 9.17) is 5.73 Å². The first-order valence-electron chi connectivity index (χ1n) is 6.25. The first kappa shape index (κ1) is 17.9. The van der Waals surface area contributed by atoms with E-state index in [1.165, 1.54) is 12.1 Å². The minimum atomic E-state index is -0.321. The lowest BCUT2D eigenvalue weighted by Gasteiger charge is -2.18. The molecule has 19 heavy (non-hydrogen) atoms. The Morgan fingerprint density at radius 3 is 2.63 bits per heavy atom. The molecular formula is C14H22ClFN2O. The highest BCUT2D eigenvalue weighted by atomic mass is 35.5. The fraction of sp³-hybridized carbons (Fsp3) is 0.500. The minimum Gasteiger partial charge on any atom is -0.352 e. The van der Waals surface area contributed by atoms with Crippen LogP contribution in [0.2, 0.25) is 0 Å². The van der Waals surface area contributed by atoms with Crippen molar-refractivity contribution in [2.75, 3.05) is 6.54 Å². The molecule has 0 fully saturated rings. The Bertz CT molecular complexity index is 399. The quantitative estimate of drug-likeness (QED) is 0.844. The number of halogens is 2. The molecular weight excluding hydrogens is 267 g/mol. The summed E-state index contributed by atoms with van der Waals surface area (Å²) in [6.07, 6.45) is 1.04. The van der Waals surface area contributed by atoms with E-state index in [1.807, 2.05) is 0 Å². The van der Waals surface area contributed by atoms with Crippen molar-refractivity contribution < 1.29 is 9.18 Å². The Morgan fingerprint density at radius 1 is 1.42 bits per heavy atom. The van der Waals surface area contributed by atoms with Crippen LogP contribution in [0.15, 0.2) is 24.3 Å². The molecule has 3 N–H and O–H groups in total. The van der Waals surface area contributed by atoms with Gasteiger partial charge in [-0.25, -0.2) is 4.39 Å². The summed E-state index contributed by atoms with van der Waals surface area (Å²) in [6, 6.07) is 6.07. The summed E-state index contributed by atoms with van der Waals surface area (Å²) in [6.45, 7) is 4.59. The van der Waals surface area contributed by atoms with E-state index in [1.54, 1.807) is 12.1 Å². The van der Waals surface area contributed by atoms with Gasteiger partial charge in [0.05, 0.1) is 6.42 Å². The largest absolute Gasteiger partial charge is 0.352 e. The Labute approximate surface area is 120 Å². The molecule has 1 aromatic carbocycles. The average molecular weight is 289 g/mol. The number of nitrogens with two attached hydrogens (primary N) is 1.